The van der Waals surface area contributed by atoms with Crippen molar-refractivity contribution in [3.05, 3.63) is 48.0 Å². The molecule has 2 fully saturated rings. The van der Waals surface area contributed by atoms with Crippen molar-refractivity contribution >= 4 is 16.7 Å². The van der Waals surface area contributed by atoms with Crippen LogP contribution in [0.3, 0.4) is 0 Å². The van der Waals surface area contributed by atoms with Crippen molar-refractivity contribution < 1.29 is 4.79 Å². The molecule has 0 N–H and O–H groups in total. The summed E-state index contributed by atoms with van der Waals surface area (Å²) in [6, 6.07) is 15.7. The summed E-state index contributed by atoms with van der Waals surface area (Å²) in [5.74, 6) is 0.261. The molecule has 3 nitrogen and oxygen atoms in total. The number of nitrogens with zero attached hydrogens (tertiary/aromatic N) is 2. The molecule has 0 aromatic heterocycles. The second-order valence-electron chi connectivity index (χ2n) is 8.03. The molecule has 2 aliphatic rings. The zero-order valence-electron chi connectivity index (χ0n) is 15.9. The van der Waals surface area contributed by atoms with Gasteiger partial charge in [0, 0.05) is 19.1 Å². The first kappa shape index (κ1) is 17.5. The van der Waals surface area contributed by atoms with Crippen LogP contribution >= 0.6 is 0 Å². The Morgan fingerprint density at radius 2 is 1.73 bits per heavy atom. The van der Waals surface area contributed by atoms with Gasteiger partial charge in [-0.05, 0) is 55.1 Å². The van der Waals surface area contributed by atoms with Gasteiger partial charge in [0.1, 0.15) is 0 Å². The maximum absolute atomic E-state index is 13.0. The van der Waals surface area contributed by atoms with Crippen LogP contribution in [0, 0.1) is 0 Å². The Labute approximate surface area is 157 Å². The van der Waals surface area contributed by atoms with E-state index in [-0.39, 0.29) is 5.91 Å². The van der Waals surface area contributed by atoms with Crippen molar-refractivity contribution in [2.45, 2.75) is 57.0 Å². The molecule has 1 saturated carbocycles. The summed E-state index contributed by atoms with van der Waals surface area (Å²) in [6.07, 6.45) is 8.10. The highest BCUT2D eigenvalue weighted by Crippen LogP contribution is 2.29. The molecule has 0 bridgehead atoms. The lowest BCUT2D eigenvalue weighted by Crippen LogP contribution is -2.53. The minimum Gasteiger partial charge on any atom is -0.341 e. The highest BCUT2D eigenvalue weighted by Gasteiger charge is 2.35. The molecule has 1 saturated heterocycles. The summed E-state index contributed by atoms with van der Waals surface area (Å²) < 4.78 is 0. The van der Waals surface area contributed by atoms with Crippen molar-refractivity contribution in [1.29, 1.82) is 0 Å². The van der Waals surface area contributed by atoms with Gasteiger partial charge in [0.25, 0.3) is 0 Å². The van der Waals surface area contributed by atoms with Gasteiger partial charge in [0.15, 0.2) is 0 Å². The van der Waals surface area contributed by atoms with Crippen LogP contribution in [0.25, 0.3) is 10.8 Å². The average molecular weight is 351 g/mol. The molecular weight excluding hydrogens is 320 g/mol. The van der Waals surface area contributed by atoms with Crippen LogP contribution in [0.1, 0.15) is 44.1 Å². The number of carbonyl (C=O) groups is 1. The van der Waals surface area contributed by atoms with Crippen LogP contribution in [0.15, 0.2) is 42.5 Å². The Balaban J connectivity index is 1.46. The summed E-state index contributed by atoms with van der Waals surface area (Å²) in [7, 11) is 2.03. The lowest BCUT2D eigenvalue weighted by atomic mass is 9.88. The molecule has 1 heterocycles. The molecule has 2 aromatic carbocycles. The SMILES string of the molecule is CN(C(=O)Cc1ccc2ccccc2c1)[C@@H]1CCCC[C@@H]1N1CCCC1. The standard InChI is InChI=1S/C23H30N2O/c1-24(21-10-4-5-11-22(21)25-14-6-7-15-25)23(26)17-18-12-13-19-8-2-3-9-20(19)16-18/h2-3,8-9,12-13,16,21-22H,4-7,10-11,14-15,17H2,1H3/t21-,22+/m1/s1. The Bertz CT molecular complexity index is 766. The first-order valence-corrected chi connectivity index (χ1v) is 10.2. The van der Waals surface area contributed by atoms with Gasteiger partial charge in [-0.25, -0.2) is 0 Å². The normalized spacial score (nSPS) is 24.0. The van der Waals surface area contributed by atoms with E-state index in [0.717, 1.165) is 12.0 Å². The van der Waals surface area contributed by atoms with Gasteiger partial charge in [-0.2, -0.15) is 0 Å². The summed E-state index contributed by atoms with van der Waals surface area (Å²) in [5, 5.41) is 2.45. The second-order valence-corrected chi connectivity index (χ2v) is 8.03. The number of carbonyl (C=O) groups excluding carboxylic acids is 1. The first-order valence-electron chi connectivity index (χ1n) is 10.2. The van der Waals surface area contributed by atoms with Crippen LogP contribution < -0.4 is 0 Å². The molecule has 1 amide bonds. The number of fused-ring (bicyclic) bond motifs is 1. The molecule has 2 aromatic rings. The van der Waals surface area contributed by atoms with Crippen LogP contribution in [-0.4, -0.2) is 47.9 Å². The van der Waals surface area contributed by atoms with Crippen molar-refractivity contribution in [3.63, 3.8) is 0 Å². The number of amides is 1. The second kappa shape index (κ2) is 7.79. The monoisotopic (exact) mass is 350 g/mol. The van der Waals surface area contributed by atoms with E-state index < -0.39 is 0 Å². The molecule has 1 aliphatic heterocycles. The topological polar surface area (TPSA) is 23.6 Å². The quantitative estimate of drug-likeness (QED) is 0.823. The van der Waals surface area contributed by atoms with Crippen molar-refractivity contribution in [2.75, 3.05) is 20.1 Å². The highest BCUT2D eigenvalue weighted by atomic mass is 16.2. The number of likely N-dealkylation sites (tertiary alicyclic amines) is 1. The molecule has 0 spiro atoms. The number of likely N-dealkylation sites (N-methyl/N-ethyl adjacent to an activating group) is 1. The van der Waals surface area contributed by atoms with Gasteiger partial charge >= 0.3 is 0 Å². The molecular formula is C23H30N2O. The lowest BCUT2D eigenvalue weighted by Gasteiger charge is -2.42. The lowest BCUT2D eigenvalue weighted by molar-refractivity contribution is -0.133. The fourth-order valence-electron chi connectivity index (χ4n) is 4.88. The zero-order chi connectivity index (χ0) is 17.9. The van der Waals surface area contributed by atoms with Gasteiger partial charge in [0.2, 0.25) is 5.91 Å². The molecule has 26 heavy (non-hydrogen) atoms. The van der Waals surface area contributed by atoms with E-state index in [2.05, 4.69) is 52.3 Å². The number of benzene rings is 2. The number of rotatable bonds is 4. The molecule has 1 aliphatic carbocycles. The summed E-state index contributed by atoms with van der Waals surface area (Å²) >= 11 is 0. The van der Waals surface area contributed by atoms with E-state index in [9.17, 15) is 4.79 Å². The van der Waals surface area contributed by atoms with Gasteiger partial charge < -0.3 is 4.90 Å². The van der Waals surface area contributed by atoms with Gasteiger partial charge in [-0.15, -0.1) is 0 Å². The maximum Gasteiger partial charge on any atom is 0.227 e. The van der Waals surface area contributed by atoms with E-state index in [4.69, 9.17) is 0 Å². The third kappa shape index (κ3) is 3.64. The molecule has 138 valence electrons. The van der Waals surface area contributed by atoms with Crippen molar-refractivity contribution in [2.24, 2.45) is 0 Å². The molecule has 0 unspecified atom stereocenters. The van der Waals surface area contributed by atoms with Gasteiger partial charge in [-0.3, -0.25) is 9.69 Å². The summed E-state index contributed by atoms with van der Waals surface area (Å²) in [4.78, 5) is 17.7. The van der Waals surface area contributed by atoms with Crippen LogP contribution in [0.5, 0.6) is 0 Å². The summed E-state index contributed by atoms with van der Waals surface area (Å²) in [5.41, 5.74) is 1.12. The molecule has 2 atom stereocenters. The van der Waals surface area contributed by atoms with Gasteiger partial charge in [-0.1, -0.05) is 55.3 Å². The predicted molar refractivity (Wildman–Crippen MR) is 107 cm³/mol. The largest absolute Gasteiger partial charge is 0.341 e. The minimum atomic E-state index is 0.261. The van der Waals surface area contributed by atoms with Crippen LogP contribution in [0.4, 0.5) is 0 Å². The Hall–Kier alpha value is -1.87. The van der Waals surface area contributed by atoms with Crippen molar-refractivity contribution in [3.8, 4) is 0 Å². The fourth-order valence-corrected chi connectivity index (χ4v) is 4.88. The van der Waals surface area contributed by atoms with E-state index in [0.29, 0.717) is 18.5 Å². The first-order chi connectivity index (χ1) is 12.7. The minimum absolute atomic E-state index is 0.261. The fraction of sp³-hybridized carbons (Fsp3) is 0.522. The van der Waals surface area contributed by atoms with E-state index in [1.165, 1.54) is 56.0 Å². The van der Waals surface area contributed by atoms with Gasteiger partial charge in [0.05, 0.1) is 6.42 Å². The number of hydrogen-bond donors (Lipinski definition) is 0. The maximum atomic E-state index is 13.0. The zero-order valence-corrected chi connectivity index (χ0v) is 15.9. The van der Waals surface area contributed by atoms with E-state index in [1.807, 2.05) is 7.05 Å². The Kier molecular flexibility index (Phi) is 5.26. The predicted octanol–water partition coefficient (Wildman–Crippen LogP) is 4.25. The number of hydrogen-bond acceptors (Lipinski definition) is 2. The smallest absolute Gasteiger partial charge is 0.227 e. The van der Waals surface area contributed by atoms with E-state index in [1.54, 1.807) is 0 Å². The van der Waals surface area contributed by atoms with Crippen LogP contribution in [-0.2, 0) is 11.2 Å². The average Bonchev–Trinajstić information content (AvgIpc) is 3.22. The molecule has 3 heteroatoms. The highest BCUT2D eigenvalue weighted by molar-refractivity contribution is 5.85. The van der Waals surface area contributed by atoms with E-state index >= 15 is 0 Å². The Morgan fingerprint density at radius 3 is 2.54 bits per heavy atom. The summed E-state index contributed by atoms with van der Waals surface area (Å²) in [6.45, 7) is 2.43. The molecule has 4 rings (SSSR count). The molecule has 0 radical (unpaired) electrons. The Morgan fingerprint density at radius 1 is 1.00 bits per heavy atom. The van der Waals surface area contributed by atoms with Crippen LogP contribution in [0.2, 0.25) is 0 Å². The third-order valence-corrected chi connectivity index (χ3v) is 6.36. The third-order valence-electron chi connectivity index (χ3n) is 6.36. The van der Waals surface area contributed by atoms with Crippen molar-refractivity contribution in [1.82, 2.24) is 9.80 Å².